The minimum Gasteiger partial charge on any atom is -0.343 e. The van der Waals surface area contributed by atoms with Crippen molar-refractivity contribution < 1.29 is 4.79 Å². The first-order valence-corrected chi connectivity index (χ1v) is 7.42. The second kappa shape index (κ2) is 6.31. The molecule has 1 aromatic carbocycles. The Kier molecular flexibility index (Phi) is 4.22. The summed E-state index contributed by atoms with van der Waals surface area (Å²) in [6.45, 7) is 1.23. The SMILES string of the molecule is CN1CC(NCc2ccc(-n3ccncc3=O)cc2)C(N)C1=O. The van der Waals surface area contributed by atoms with E-state index in [9.17, 15) is 9.59 Å². The molecule has 1 saturated heterocycles. The van der Waals surface area contributed by atoms with Gasteiger partial charge in [0.1, 0.15) is 6.04 Å². The van der Waals surface area contributed by atoms with Crippen molar-refractivity contribution in [3.8, 4) is 5.69 Å². The summed E-state index contributed by atoms with van der Waals surface area (Å²) in [6.07, 6.45) is 4.49. The fourth-order valence-electron chi connectivity index (χ4n) is 2.70. The van der Waals surface area contributed by atoms with Gasteiger partial charge >= 0.3 is 0 Å². The van der Waals surface area contributed by atoms with Crippen LogP contribution in [0.1, 0.15) is 5.56 Å². The lowest BCUT2D eigenvalue weighted by molar-refractivity contribution is -0.127. The van der Waals surface area contributed by atoms with Gasteiger partial charge in [-0.05, 0) is 17.7 Å². The number of carbonyl (C=O) groups is 1. The van der Waals surface area contributed by atoms with E-state index in [0.29, 0.717) is 13.1 Å². The molecule has 1 fully saturated rings. The van der Waals surface area contributed by atoms with Crippen LogP contribution in [0.2, 0.25) is 0 Å². The summed E-state index contributed by atoms with van der Waals surface area (Å²) in [5.74, 6) is -0.0325. The summed E-state index contributed by atoms with van der Waals surface area (Å²) < 4.78 is 1.53. The van der Waals surface area contributed by atoms with E-state index < -0.39 is 6.04 Å². The summed E-state index contributed by atoms with van der Waals surface area (Å²) in [5, 5.41) is 3.31. The van der Waals surface area contributed by atoms with Crippen molar-refractivity contribution in [1.29, 1.82) is 0 Å². The largest absolute Gasteiger partial charge is 0.343 e. The maximum absolute atomic E-state index is 11.7. The van der Waals surface area contributed by atoms with Crippen LogP contribution in [0.25, 0.3) is 5.69 Å². The smallest absolute Gasteiger partial charge is 0.273 e. The van der Waals surface area contributed by atoms with Gasteiger partial charge in [-0.1, -0.05) is 12.1 Å². The molecule has 23 heavy (non-hydrogen) atoms. The highest BCUT2D eigenvalue weighted by Crippen LogP contribution is 2.11. The Morgan fingerprint density at radius 3 is 2.65 bits per heavy atom. The van der Waals surface area contributed by atoms with Crippen molar-refractivity contribution in [1.82, 2.24) is 19.8 Å². The van der Waals surface area contributed by atoms with Gasteiger partial charge in [-0.2, -0.15) is 0 Å². The Morgan fingerprint density at radius 1 is 1.30 bits per heavy atom. The van der Waals surface area contributed by atoms with Crippen molar-refractivity contribution >= 4 is 5.91 Å². The van der Waals surface area contributed by atoms with Crippen molar-refractivity contribution in [2.75, 3.05) is 13.6 Å². The second-order valence-electron chi connectivity index (χ2n) is 5.68. The number of likely N-dealkylation sites (N-methyl/N-ethyl adjacent to an activating group) is 1. The third-order valence-corrected chi connectivity index (χ3v) is 4.07. The lowest BCUT2D eigenvalue weighted by atomic mass is 10.1. The monoisotopic (exact) mass is 313 g/mol. The fourth-order valence-corrected chi connectivity index (χ4v) is 2.70. The number of nitrogens with two attached hydrogens (primary N) is 1. The van der Waals surface area contributed by atoms with Crippen LogP contribution >= 0.6 is 0 Å². The predicted molar refractivity (Wildman–Crippen MR) is 86.1 cm³/mol. The molecule has 3 rings (SSSR count). The number of aromatic nitrogens is 2. The standard InChI is InChI=1S/C16H19N5O2/c1-20-10-13(15(17)16(20)23)19-8-11-2-4-12(5-3-11)21-7-6-18-9-14(21)22/h2-7,9,13,15,19H,8,10,17H2,1H3. The van der Waals surface area contributed by atoms with Gasteiger partial charge in [0.05, 0.1) is 6.20 Å². The first-order chi connectivity index (χ1) is 11.1. The number of rotatable bonds is 4. The molecule has 3 N–H and O–H groups in total. The molecule has 120 valence electrons. The van der Waals surface area contributed by atoms with Gasteiger partial charge in [0.25, 0.3) is 5.56 Å². The van der Waals surface area contributed by atoms with Crippen molar-refractivity contribution in [2.24, 2.45) is 5.73 Å². The van der Waals surface area contributed by atoms with E-state index in [1.807, 2.05) is 24.3 Å². The normalized spacial score (nSPS) is 21.0. The molecule has 2 heterocycles. The van der Waals surface area contributed by atoms with E-state index >= 15 is 0 Å². The van der Waals surface area contributed by atoms with Gasteiger partial charge in [0.2, 0.25) is 5.91 Å². The maximum Gasteiger partial charge on any atom is 0.273 e. The fraction of sp³-hybridized carbons (Fsp3) is 0.312. The molecule has 2 atom stereocenters. The Hall–Kier alpha value is -2.51. The van der Waals surface area contributed by atoms with Crippen LogP contribution in [0, 0.1) is 0 Å². The molecule has 0 spiro atoms. The van der Waals surface area contributed by atoms with Crippen LogP contribution < -0.4 is 16.6 Å². The highest BCUT2D eigenvalue weighted by atomic mass is 16.2. The number of nitrogens with zero attached hydrogens (tertiary/aromatic N) is 3. The maximum atomic E-state index is 11.7. The van der Waals surface area contributed by atoms with Crippen molar-refractivity contribution in [2.45, 2.75) is 18.6 Å². The lowest BCUT2D eigenvalue weighted by Gasteiger charge is -2.15. The van der Waals surface area contributed by atoms with E-state index in [2.05, 4.69) is 10.3 Å². The quantitative estimate of drug-likeness (QED) is 0.793. The molecule has 0 aliphatic carbocycles. The molecule has 1 aliphatic rings. The van der Waals surface area contributed by atoms with E-state index in [0.717, 1.165) is 11.3 Å². The number of hydrogen-bond acceptors (Lipinski definition) is 5. The number of amides is 1. The Balaban J connectivity index is 1.66. The zero-order valence-corrected chi connectivity index (χ0v) is 12.8. The molecular formula is C16H19N5O2. The van der Waals surface area contributed by atoms with Gasteiger partial charge in [-0.3, -0.25) is 19.1 Å². The molecule has 7 nitrogen and oxygen atoms in total. The van der Waals surface area contributed by atoms with E-state index in [-0.39, 0.29) is 17.5 Å². The van der Waals surface area contributed by atoms with Crippen LogP contribution in [-0.4, -0.2) is 46.0 Å². The Morgan fingerprint density at radius 2 is 2.04 bits per heavy atom. The molecule has 0 radical (unpaired) electrons. The first kappa shape index (κ1) is 15.4. The zero-order valence-electron chi connectivity index (χ0n) is 12.8. The minimum atomic E-state index is -0.491. The molecular weight excluding hydrogens is 294 g/mol. The topological polar surface area (TPSA) is 93.2 Å². The summed E-state index contributed by atoms with van der Waals surface area (Å²) in [4.78, 5) is 28.9. The summed E-state index contributed by atoms with van der Waals surface area (Å²) in [6, 6.07) is 7.11. The Bertz CT molecular complexity index is 756. The van der Waals surface area contributed by atoms with Crippen LogP contribution in [0.15, 0.2) is 47.7 Å². The molecule has 1 aliphatic heterocycles. The average molecular weight is 313 g/mol. The highest BCUT2D eigenvalue weighted by Gasteiger charge is 2.35. The van der Waals surface area contributed by atoms with Gasteiger partial charge in [-0.15, -0.1) is 0 Å². The van der Waals surface area contributed by atoms with Crippen molar-refractivity contribution in [3.63, 3.8) is 0 Å². The second-order valence-corrected chi connectivity index (χ2v) is 5.68. The van der Waals surface area contributed by atoms with Gasteiger partial charge in [-0.25, -0.2) is 0 Å². The number of hydrogen-bond donors (Lipinski definition) is 2. The molecule has 7 heteroatoms. The van der Waals surface area contributed by atoms with E-state index in [4.69, 9.17) is 5.73 Å². The third-order valence-electron chi connectivity index (χ3n) is 4.07. The lowest BCUT2D eigenvalue weighted by Crippen LogP contribution is -2.45. The average Bonchev–Trinajstić information content (AvgIpc) is 2.81. The Labute approximate surface area is 133 Å². The van der Waals surface area contributed by atoms with Crippen molar-refractivity contribution in [3.05, 3.63) is 58.8 Å². The molecule has 1 amide bonds. The van der Waals surface area contributed by atoms with Crippen LogP contribution in [-0.2, 0) is 11.3 Å². The third kappa shape index (κ3) is 3.15. The van der Waals surface area contributed by atoms with Crippen LogP contribution in [0.4, 0.5) is 0 Å². The first-order valence-electron chi connectivity index (χ1n) is 7.42. The van der Waals surface area contributed by atoms with Gasteiger partial charge < -0.3 is 16.0 Å². The van der Waals surface area contributed by atoms with E-state index in [1.54, 1.807) is 24.3 Å². The van der Waals surface area contributed by atoms with Gasteiger partial charge in [0, 0.05) is 44.3 Å². The number of nitrogens with one attached hydrogen (secondary N) is 1. The summed E-state index contributed by atoms with van der Waals surface area (Å²) in [7, 11) is 1.76. The molecule has 0 saturated carbocycles. The highest BCUT2D eigenvalue weighted by molar-refractivity contribution is 5.84. The molecule has 0 bridgehead atoms. The molecule has 2 unspecified atom stereocenters. The number of likely N-dealkylation sites (tertiary alicyclic amines) is 1. The minimum absolute atomic E-state index is 0.0325. The summed E-state index contributed by atoms with van der Waals surface area (Å²) >= 11 is 0. The van der Waals surface area contributed by atoms with Crippen LogP contribution in [0.5, 0.6) is 0 Å². The van der Waals surface area contributed by atoms with Crippen LogP contribution in [0.3, 0.4) is 0 Å². The molecule has 2 aromatic rings. The molecule has 1 aromatic heterocycles. The van der Waals surface area contributed by atoms with E-state index in [1.165, 1.54) is 10.8 Å². The number of carbonyl (C=O) groups excluding carboxylic acids is 1. The summed E-state index contributed by atoms with van der Waals surface area (Å²) in [5.41, 5.74) is 7.57. The zero-order chi connectivity index (χ0) is 16.4. The number of benzene rings is 1. The predicted octanol–water partition coefficient (Wildman–Crippen LogP) is -0.510. The van der Waals surface area contributed by atoms with Gasteiger partial charge in [0.15, 0.2) is 0 Å².